The Balaban J connectivity index is 2.39. The van der Waals surface area contributed by atoms with Crippen molar-refractivity contribution in [2.24, 2.45) is 0 Å². The molecule has 0 atom stereocenters. The van der Waals surface area contributed by atoms with Gasteiger partial charge in [-0.25, -0.2) is 17.2 Å². The molecule has 0 saturated heterocycles. The van der Waals surface area contributed by atoms with Gasteiger partial charge in [0.25, 0.3) is 0 Å². The quantitative estimate of drug-likeness (QED) is 0.776. The maximum Gasteiger partial charge on any atom is 0.341 e. The predicted octanol–water partition coefficient (Wildman–Crippen LogP) is 3.60. The van der Waals surface area contributed by atoms with Crippen LogP contribution in [0.5, 0.6) is 0 Å². The van der Waals surface area contributed by atoms with Crippen LogP contribution in [-0.2, 0) is 16.4 Å². The maximum absolute atomic E-state index is 13.7. The fraction of sp³-hybridized carbons (Fsp3) is 0.200. The summed E-state index contributed by atoms with van der Waals surface area (Å²) in [6, 6.07) is 8.19. The van der Waals surface area contributed by atoms with Gasteiger partial charge in [-0.05, 0) is 18.2 Å². The van der Waals surface area contributed by atoms with Gasteiger partial charge in [0.05, 0.1) is 10.6 Å². The number of anilines is 1. The van der Waals surface area contributed by atoms with E-state index in [0.717, 1.165) is 12.1 Å². The number of hydrogen-bond donors (Lipinski definition) is 0. The van der Waals surface area contributed by atoms with Crippen molar-refractivity contribution in [2.75, 3.05) is 11.9 Å². The summed E-state index contributed by atoms with van der Waals surface area (Å²) in [5, 5.41) is 0. The van der Waals surface area contributed by atoms with Crippen molar-refractivity contribution in [1.82, 2.24) is 0 Å². The van der Waals surface area contributed by atoms with Crippen LogP contribution in [0.15, 0.2) is 47.4 Å². The molecule has 0 aliphatic heterocycles. The van der Waals surface area contributed by atoms with E-state index in [1.807, 2.05) is 0 Å². The second kappa shape index (κ2) is 6.57. The van der Waals surface area contributed by atoms with Crippen molar-refractivity contribution < 1.29 is 26.0 Å². The first-order valence-electron chi connectivity index (χ1n) is 6.49. The lowest BCUT2D eigenvalue weighted by Gasteiger charge is -2.22. The molecule has 0 fully saturated rings. The summed E-state index contributed by atoms with van der Waals surface area (Å²) in [5.41, 5.74) is 0.120. The molecule has 2 rings (SSSR count). The molecule has 23 heavy (non-hydrogen) atoms. The van der Waals surface area contributed by atoms with Gasteiger partial charge in [-0.1, -0.05) is 18.2 Å². The number of hydrogen-bond acceptors (Lipinski definition) is 3. The molecule has 0 amide bonds. The number of para-hydroxylation sites is 1. The second-order valence-corrected chi connectivity index (χ2v) is 6.75. The lowest BCUT2D eigenvalue weighted by Crippen LogP contribution is -2.22. The van der Waals surface area contributed by atoms with E-state index in [-0.39, 0.29) is 17.8 Å². The van der Waals surface area contributed by atoms with Gasteiger partial charge in [-0.3, -0.25) is 0 Å². The largest absolute Gasteiger partial charge is 0.369 e. The minimum Gasteiger partial charge on any atom is -0.369 e. The van der Waals surface area contributed by atoms with Crippen LogP contribution in [0.3, 0.4) is 0 Å². The van der Waals surface area contributed by atoms with E-state index in [9.17, 15) is 26.0 Å². The molecule has 0 aliphatic carbocycles. The van der Waals surface area contributed by atoms with Gasteiger partial charge in [0.1, 0.15) is 11.6 Å². The summed E-state index contributed by atoms with van der Waals surface area (Å²) >= 11 is 0. The van der Waals surface area contributed by atoms with Crippen LogP contribution in [0.1, 0.15) is 5.56 Å². The monoisotopic (exact) mass is 347 g/mol. The summed E-state index contributed by atoms with van der Waals surface area (Å²) in [5.74, 6) is -5.10. The topological polar surface area (TPSA) is 37.4 Å². The highest BCUT2D eigenvalue weighted by Crippen LogP contribution is 2.29. The molecule has 0 bridgehead atoms. The Morgan fingerprint density at radius 2 is 1.74 bits per heavy atom. The summed E-state index contributed by atoms with van der Waals surface area (Å²) in [7, 11) is -3.36. The predicted molar refractivity (Wildman–Crippen MR) is 78.1 cm³/mol. The highest BCUT2D eigenvalue weighted by molar-refractivity contribution is 7.91. The van der Waals surface area contributed by atoms with Crippen molar-refractivity contribution in [3.8, 4) is 0 Å². The van der Waals surface area contributed by atoms with E-state index in [1.165, 1.54) is 36.2 Å². The van der Waals surface area contributed by atoms with Gasteiger partial charge in [0.2, 0.25) is 9.84 Å². The van der Waals surface area contributed by atoms with Gasteiger partial charge < -0.3 is 4.90 Å². The molecule has 0 radical (unpaired) electrons. The Morgan fingerprint density at radius 1 is 1.09 bits per heavy atom. The van der Waals surface area contributed by atoms with E-state index < -0.39 is 32.1 Å². The van der Waals surface area contributed by atoms with E-state index in [2.05, 4.69) is 0 Å². The second-order valence-electron chi connectivity index (χ2n) is 4.87. The third kappa shape index (κ3) is 3.64. The van der Waals surface area contributed by atoms with Crippen molar-refractivity contribution in [1.29, 1.82) is 0 Å². The van der Waals surface area contributed by atoms with Crippen LogP contribution in [0.2, 0.25) is 0 Å². The first-order chi connectivity index (χ1) is 10.7. The average molecular weight is 347 g/mol. The Bertz CT molecular complexity index is 809. The highest BCUT2D eigenvalue weighted by Gasteiger charge is 2.30. The SMILES string of the molecule is CN(Cc1ccc(F)cc1F)c1ccccc1S(=O)(=O)C(F)F. The molecule has 0 heterocycles. The first-order valence-corrected chi connectivity index (χ1v) is 8.04. The zero-order chi connectivity index (χ0) is 17.2. The van der Waals surface area contributed by atoms with E-state index in [0.29, 0.717) is 6.07 Å². The zero-order valence-corrected chi connectivity index (χ0v) is 12.8. The fourth-order valence-corrected chi connectivity index (χ4v) is 3.08. The molecule has 124 valence electrons. The van der Waals surface area contributed by atoms with E-state index in [4.69, 9.17) is 0 Å². The van der Waals surface area contributed by atoms with Crippen LogP contribution < -0.4 is 4.90 Å². The third-order valence-electron chi connectivity index (χ3n) is 3.24. The number of nitrogens with zero attached hydrogens (tertiary/aromatic N) is 1. The minimum absolute atomic E-state index is 0.0107. The van der Waals surface area contributed by atoms with Crippen molar-refractivity contribution in [3.63, 3.8) is 0 Å². The summed E-state index contributed by atoms with van der Waals surface area (Å²) < 4.78 is 75.6. The molecule has 0 aromatic heterocycles. The molecular formula is C15H13F4NO2S. The Morgan fingerprint density at radius 3 is 2.35 bits per heavy atom. The van der Waals surface area contributed by atoms with E-state index in [1.54, 1.807) is 0 Å². The lowest BCUT2D eigenvalue weighted by molar-refractivity contribution is 0.235. The van der Waals surface area contributed by atoms with Crippen molar-refractivity contribution in [3.05, 3.63) is 59.7 Å². The Hall–Kier alpha value is -2.09. The van der Waals surface area contributed by atoms with Gasteiger partial charge in [-0.15, -0.1) is 0 Å². The van der Waals surface area contributed by atoms with Gasteiger partial charge in [0, 0.05) is 25.2 Å². The number of benzene rings is 2. The molecule has 0 aliphatic rings. The summed E-state index contributed by atoms with van der Waals surface area (Å²) in [6.45, 7) is -0.109. The zero-order valence-electron chi connectivity index (χ0n) is 12.0. The molecule has 0 N–H and O–H groups in total. The average Bonchev–Trinajstić information content (AvgIpc) is 2.49. The van der Waals surface area contributed by atoms with Gasteiger partial charge in [0.15, 0.2) is 0 Å². The molecule has 0 unspecified atom stereocenters. The van der Waals surface area contributed by atoms with Crippen molar-refractivity contribution in [2.45, 2.75) is 17.2 Å². The number of rotatable bonds is 5. The number of sulfone groups is 1. The molecule has 8 heteroatoms. The third-order valence-corrected chi connectivity index (χ3v) is 4.67. The number of alkyl halides is 2. The molecule has 2 aromatic carbocycles. The summed E-state index contributed by atoms with van der Waals surface area (Å²) in [4.78, 5) is 0.769. The fourth-order valence-electron chi connectivity index (χ4n) is 2.10. The van der Waals surface area contributed by atoms with Gasteiger partial charge >= 0.3 is 5.76 Å². The molecule has 3 nitrogen and oxygen atoms in total. The normalized spacial score (nSPS) is 11.7. The standard InChI is InChI=1S/C15H13F4NO2S/c1-20(9-10-6-7-11(16)8-12(10)17)13-4-2-3-5-14(13)23(21,22)15(18)19/h2-8,15H,9H2,1H3. The van der Waals surface area contributed by atoms with E-state index >= 15 is 0 Å². The highest BCUT2D eigenvalue weighted by atomic mass is 32.2. The van der Waals surface area contributed by atoms with Crippen LogP contribution >= 0.6 is 0 Å². The molecule has 2 aromatic rings. The molecular weight excluding hydrogens is 334 g/mol. The minimum atomic E-state index is -4.79. The van der Waals surface area contributed by atoms with Crippen LogP contribution in [-0.4, -0.2) is 21.2 Å². The summed E-state index contributed by atoms with van der Waals surface area (Å²) in [6.07, 6.45) is 0. The molecule has 0 spiro atoms. The first kappa shape index (κ1) is 17.3. The maximum atomic E-state index is 13.7. The van der Waals surface area contributed by atoms with Crippen LogP contribution in [0.4, 0.5) is 23.2 Å². The van der Waals surface area contributed by atoms with Crippen molar-refractivity contribution >= 4 is 15.5 Å². The Labute approximate surface area is 131 Å². The number of halogens is 4. The lowest BCUT2D eigenvalue weighted by atomic mass is 10.2. The van der Waals surface area contributed by atoms with Crippen LogP contribution in [0.25, 0.3) is 0 Å². The Kier molecular flexibility index (Phi) is 4.93. The molecule has 0 saturated carbocycles. The smallest absolute Gasteiger partial charge is 0.341 e. The van der Waals surface area contributed by atoms with Crippen LogP contribution in [0, 0.1) is 11.6 Å². The van der Waals surface area contributed by atoms with Gasteiger partial charge in [-0.2, -0.15) is 8.78 Å².